The van der Waals surface area contributed by atoms with E-state index in [4.69, 9.17) is 5.73 Å². The van der Waals surface area contributed by atoms with E-state index in [1.54, 1.807) is 20.2 Å². The monoisotopic (exact) mass is 519 g/mol. The van der Waals surface area contributed by atoms with Gasteiger partial charge in [-0.15, -0.1) is 0 Å². The van der Waals surface area contributed by atoms with E-state index in [9.17, 15) is 34.8 Å². The Morgan fingerprint density at radius 1 is 1.11 bits per heavy atom. The van der Waals surface area contributed by atoms with Crippen molar-refractivity contribution in [2.75, 3.05) is 14.1 Å². The molecule has 1 aromatic carbocycles. The number of phenolic OH excluding ortho intramolecular Hbond substituents is 1. The number of nitrogens with two attached hydrogens (primary N) is 1. The molecule has 4 atom stereocenters. The van der Waals surface area contributed by atoms with E-state index in [-0.39, 0.29) is 29.7 Å². The lowest BCUT2D eigenvalue weighted by Gasteiger charge is -2.50. The first kappa shape index (κ1) is 25.6. The standard InChI is InChI=1S/C28H29N3O7/c1-11-7-13(8-12(2)30-11)15-5-6-18(32)20-16(15)9-14-10-17-22(31(3)4)24(34)21(27(29)37)26(36)28(17,38)25(35)19(14)23(20)33/h5-8,14,17,22,32-33,36,38H,9-10H2,1-4H3,(H2,29,37)/t14-,17-,22?,28+/m0/s1. The van der Waals surface area contributed by atoms with Crippen molar-refractivity contribution in [2.24, 2.45) is 17.6 Å². The van der Waals surface area contributed by atoms with Crippen molar-refractivity contribution in [2.45, 2.75) is 38.3 Å². The quantitative estimate of drug-likeness (QED) is 0.378. The van der Waals surface area contributed by atoms with Crippen LogP contribution in [0, 0.1) is 25.7 Å². The van der Waals surface area contributed by atoms with Crippen LogP contribution in [-0.2, 0) is 20.8 Å². The summed E-state index contributed by atoms with van der Waals surface area (Å²) in [7, 11) is 3.13. The van der Waals surface area contributed by atoms with Crippen molar-refractivity contribution in [3.63, 3.8) is 0 Å². The molecule has 1 fully saturated rings. The number of carbonyl (C=O) groups excluding carboxylic acids is 3. The average Bonchev–Trinajstić information content (AvgIpc) is 2.80. The van der Waals surface area contributed by atoms with Gasteiger partial charge < -0.3 is 26.2 Å². The molecule has 1 amide bonds. The molecule has 1 unspecified atom stereocenters. The van der Waals surface area contributed by atoms with Gasteiger partial charge in [0.05, 0.1) is 11.6 Å². The van der Waals surface area contributed by atoms with Crippen molar-refractivity contribution in [3.05, 3.63) is 63.7 Å². The topological polar surface area (TPSA) is 174 Å². The number of amides is 1. The van der Waals surface area contributed by atoms with Crippen LogP contribution in [0.4, 0.5) is 0 Å². The highest BCUT2D eigenvalue weighted by molar-refractivity contribution is 6.24. The number of rotatable bonds is 3. The number of benzene rings is 1. The zero-order valence-corrected chi connectivity index (χ0v) is 21.4. The number of aromatic nitrogens is 1. The summed E-state index contributed by atoms with van der Waals surface area (Å²) in [5.41, 5.74) is 5.51. The van der Waals surface area contributed by atoms with Crippen LogP contribution in [0.25, 0.3) is 16.9 Å². The normalized spacial score (nSPS) is 26.8. The molecule has 6 N–H and O–H groups in total. The fourth-order valence-electron chi connectivity index (χ4n) is 6.50. The van der Waals surface area contributed by atoms with E-state index in [2.05, 4.69) is 4.98 Å². The second-order valence-electron chi connectivity index (χ2n) is 10.6. The number of Topliss-reactive ketones (excluding diaryl/α,β-unsaturated/α-hetero) is 2. The maximum atomic E-state index is 13.9. The third-order valence-electron chi connectivity index (χ3n) is 8.00. The summed E-state index contributed by atoms with van der Waals surface area (Å²) in [5, 5.41) is 44.7. The van der Waals surface area contributed by atoms with Crippen LogP contribution in [0.1, 0.15) is 28.9 Å². The van der Waals surface area contributed by atoms with Crippen molar-refractivity contribution in [3.8, 4) is 16.9 Å². The predicted octanol–water partition coefficient (Wildman–Crippen LogP) is 1.64. The molecule has 0 radical (unpaired) electrons. The van der Waals surface area contributed by atoms with Gasteiger partial charge in [-0.1, -0.05) is 6.07 Å². The molecule has 10 nitrogen and oxygen atoms in total. The summed E-state index contributed by atoms with van der Waals surface area (Å²) in [6.07, 6.45) is 0.258. The number of primary amides is 1. The molecule has 1 heterocycles. The minimum atomic E-state index is -2.66. The van der Waals surface area contributed by atoms with Gasteiger partial charge in [-0.05, 0) is 81.6 Å². The van der Waals surface area contributed by atoms with Gasteiger partial charge in [0.15, 0.2) is 11.4 Å². The summed E-state index contributed by atoms with van der Waals surface area (Å²) in [6.45, 7) is 3.72. The lowest BCUT2D eigenvalue weighted by molar-refractivity contribution is -0.153. The number of ketones is 2. The van der Waals surface area contributed by atoms with Gasteiger partial charge in [0.2, 0.25) is 5.78 Å². The molecule has 0 aliphatic heterocycles. The number of pyridine rings is 1. The summed E-state index contributed by atoms with van der Waals surface area (Å²) in [6, 6.07) is 5.81. The van der Waals surface area contributed by atoms with E-state index >= 15 is 0 Å². The van der Waals surface area contributed by atoms with Gasteiger partial charge in [-0.25, -0.2) is 0 Å². The molecular weight excluding hydrogens is 490 g/mol. The number of nitrogens with zero attached hydrogens (tertiary/aromatic N) is 2. The van der Waals surface area contributed by atoms with Gasteiger partial charge in [0.1, 0.15) is 22.8 Å². The SMILES string of the molecule is Cc1cc(-c2ccc(O)c3c2C[C@H]2C[C@H]4C(N(C)C)C(=O)C(C(N)=O)=C(O)[C@]4(O)C(=O)C2=C3O)cc(C)n1. The van der Waals surface area contributed by atoms with E-state index in [0.29, 0.717) is 5.56 Å². The minimum Gasteiger partial charge on any atom is -0.508 e. The molecule has 38 heavy (non-hydrogen) atoms. The Labute approximate surface area is 218 Å². The van der Waals surface area contributed by atoms with Crippen LogP contribution in [0.3, 0.4) is 0 Å². The number of aliphatic hydroxyl groups is 3. The molecule has 3 aliphatic rings. The number of carbonyl (C=O) groups is 3. The van der Waals surface area contributed by atoms with Gasteiger partial charge >= 0.3 is 0 Å². The van der Waals surface area contributed by atoms with E-state index in [0.717, 1.165) is 22.5 Å². The molecule has 0 bridgehead atoms. The maximum absolute atomic E-state index is 13.9. The van der Waals surface area contributed by atoms with Crippen LogP contribution < -0.4 is 5.73 Å². The lowest BCUT2D eigenvalue weighted by Crippen LogP contribution is -2.65. The van der Waals surface area contributed by atoms with E-state index in [1.807, 2.05) is 26.0 Å². The molecule has 2 aromatic rings. The van der Waals surface area contributed by atoms with Gasteiger partial charge in [-0.3, -0.25) is 24.3 Å². The third-order valence-corrected chi connectivity index (χ3v) is 8.00. The fraction of sp³-hybridized carbons (Fsp3) is 0.357. The summed E-state index contributed by atoms with van der Waals surface area (Å²) < 4.78 is 0. The molecule has 1 saturated carbocycles. The Bertz CT molecular complexity index is 1490. The average molecular weight is 520 g/mol. The van der Waals surface area contributed by atoms with Gasteiger partial charge in [0, 0.05) is 22.9 Å². The zero-order valence-electron chi connectivity index (χ0n) is 21.4. The van der Waals surface area contributed by atoms with Crippen LogP contribution in [0.2, 0.25) is 0 Å². The van der Waals surface area contributed by atoms with E-state index < -0.39 is 58.0 Å². The lowest BCUT2D eigenvalue weighted by atomic mass is 9.57. The number of aryl methyl sites for hydroxylation is 2. The first-order chi connectivity index (χ1) is 17.8. The molecule has 198 valence electrons. The first-order valence-electron chi connectivity index (χ1n) is 12.2. The molecule has 10 heteroatoms. The molecule has 0 saturated heterocycles. The number of phenols is 1. The highest BCUT2D eigenvalue weighted by atomic mass is 16.3. The number of aromatic hydroxyl groups is 1. The molecule has 5 rings (SSSR count). The summed E-state index contributed by atoms with van der Waals surface area (Å²) >= 11 is 0. The van der Waals surface area contributed by atoms with Crippen molar-refractivity contribution < 1.29 is 34.8 Å². The molecular formula is C28H29N3O7. The van der Waals surface area contributed by atoms with Crippen molar-refractivity contribution in [1.29, 1.82) is 0 Å². The third kappa shape index (κ3) is 3.40. The molecule has 1 aromatic heterocycles. The molecule has 0 spiro atoms. The van der Waals surface area contributed by atoms with Gasteiger partial charge in [0.25, 0.3) is 5.91 Å². The summed E-state index contributed by atoms with van der Waals surface area (Å²) in [4.78, 5) is 45.1. The van der Waals surface area contributed by atoms with Crippen LogP contribution in [-0.4, -0.2) is 73.5 Å². The predicted molar refractivity (Wildman–Crippen MR) is 137 cm³/mol. The van der Waals surface area contributed by atoms with Crippen LogP contribution >= 0.6 is 0 Å². The van der Waals surface area contributed by atoms with Crippen LogP contribution in [0.5, 0.6) is 5.75 Å². The zero-order chi connectivity index (χ0) is 27.8. The fourth-order valence-corrected chi connectivity index (χ4v) is 6.50. The Balaban J connectivity index is 1.75. The van der Waals surface area contributed by atoms with Gasteiger partial charge in [-0.2, -0.15) is 0 Å². The smallest absolute Gasteiger partial charge is 0.255 e. The number of fused-ring (bicyclic) bond motifs is 3. The number of aliphatic hydroxyl groups excluding tert-OH is 2. The number of hydrogen-bond donors (Lipinski definition) is 5. The Kier molecular flexibility index (Phi) is 5.73. The first-order valence-corrected chi connectivity index (χ1v) is 12.2. The highest BCUT2D eigenvalue weighted by Crippen LogP contribution is 2.53. The molecule has 3 aliphatic carbocycles. The largest absolute Gasteiger partial charge is 0.508 e. The highest BCUT2D eigenvalue weighted by Gasteiger charge is 2.64. The van der Waals surface area contributed by atoms with Crippen LogP contribution in [0.15, 0.2) is 41.2 Å². The Hall–Kier alpha value is -4.02. The van der Waals surface area contributed by atoms with E-state index in [1.165, 1.54) is 11.0 Å². The van der Waals surface area contributed by atoms with Crippen molar-refractivity contribution in [1.82, 2.24) is 9.88 Å². The number of hydrogen-bond acceptors (Lipinski definition) is 9. The Morgan fingerprint density at radius 2 is 1.74 bits per heavy atom. The maximum Gasteiger partial charge on any atom is 0.255 e. The van der Waals surface area contributed by atoms with Crippen molar-refractivity contribution >= 4 is 23.2 Å². The minimum absolute atomic E-state index is 0.0370. The second-order valence-corrected chi connectivity index (χ2v) is 10.6. The second kappa shape index (κ2) is 8.50. The Morgan fingerprint density at radius 3 is 2.32 bits per heavy atom. The number of likely N-dealkylation sites (N-methyl/N-ethyl adjacent to an activating group) is 1. The summed E-state index contributed by atoms with van der Waals surface area (Å²) in [5.74, 6) is -6.69.